The molecule has 3 aromatic rings. The van der Waals surface area contributed by atoms with Crippen molar-refractivity contribution in [3.63, 3.8) is 0 Å². The predicted molar refractivity (Wildman–Crippen MR) is 133 cm³/mol. The van der Waals surface area contributed by atoms with Crippen LogP contribution in [-0.4, -0.2) is 62.1 Å². The van der Waals surface area contributed by atoms with Crippen molar-refractivity contribution in [3.8, 4) is 0 Å². The van der Waals surface area contributed by atoms with Crippen LogP contribution in [0.4, 0.5) is 0 Å². The lowest BCUT2D eigenvalue weighted by Crippen LogP contribution is -2.38. The number of fused-ring (bicyclic) bond motifs is 1. The van der Waals surface area contributed by atoms with Crippen molar-refractivity contribution >= 4 is 10.9 Å². The van der Waals surface area contributed by atoms with Gasteiger partial charge in [0.1, 0.15) is 0 Å². The van der Waals surface area contributed by atoms with Gasteiger partial charge in [-0.2, -0.15) is 0 Å². The van der Waals surface area contributed by atoms with Gasteiger partial charge in [0.15, 0.2) is 5.82 Å². The van der Waals surface area contributed by atoms with E-state index in [0.29, 0.717) is 13.1 Å². The Balaban J connectivity index is 1.47. The summed E-state index contributed by atoms with van der Waals surface area (Å²) in [6.45, 7) is 7.75. The van der Waals surface area contributed by atoms with Gasteiger partial charge in [-0.05, 0) is 73.0 Å². The average molecular weight is 481 g/mol. The summed E-state index contributed by atoms with van der Waals surface area (Å²) >= 11 is 0. The number of H-pyrrole nitrogens is 1. The molecule has 35 heavy (non-hydrogen) atoms. The predicted octanol–water partition coefficient (Wildman–Crippen LogP) is 3.52. The molecule has 0 unspecified atom stereocenters. The first-order valence-corrected chi connectivity index (χ1v) is 13.0. The lowest BCUT2D eigenvalue weighted by atomic mass is 10.0. The molecule has 0 amide bonds. The van der Waals surface area contributed by atoms with E-state index in [1.807, 2.05) is 22.9 Å². The molecule has 0 aliphatic carbocycles. The van der Waals surface area contributed by atoms with Crippen LogP contribution in [0.15, 0.2) is 29.1 Å². The number of nitrogens with zero attached hydrogens (tertiary/aromatic N) is 5. The second-order valence-electron chi connectivity index (χ2n) is 9.94. The molecular formula is C26H36N6O3. The molecule has 4 heterocycles. The Hall–Kier alpha value is -2.62. The van der Waals surface area contributed by atoms with Crippen LogP contribution < -0.4 is 5.56 Å². The largest absolute Gasteiger partial charge is 0.377 e. The zero-order valence-electron chi connectivity index (χ0n) is 20.8. The quantitative estimate of drug-likeness (QED) is 0.474. The summed E-state index contributed by atoms with van der Waals surface area (Å²) in [6, 6.07) is 8.12. The molecule has 0 spiro atoms. The van der Waals surface area contributed by atoms with Crippen LogP contribution in [0.2, 0.25) is 0 Å². The molecule has 5 rings (SSSR count). The lowest BCUT2D eigenvalue weighted by molar-refractivity contribution is 0.0457. The van der Waals surface area contributed by atoms with Gasteiger partial charge >= 0.3 is 0 Å². The number of rotatable bonds is 10. The van der Waals surface area contributed by atoms with Crippen molar-refractivity contribution in [2.24, 2.45) is 0 Å². The molecule has 1 N–H and O–H groups in total. The normalized spacial score (nSPS) is 21.3. The highest BCUT2D eigenvalue weighted by molar-refractivity contribution is 5.79. The van der Waals surface area contributed by atoms with Crippen LogP contribution in [0, 0.1) is 6.92 Å². The maximum atomic E-state index is 13.1. The maximum Gasteiger partial charge on any atom is 0.252 e. The molecule has 0 saturated carbocycles. The van der Waals surface area contributed by atoms with E-state index in [-0.39, 0.29) is 23.8 Å². The van der Waals surface area contributed by atoms with Crippen LogP contribution in [-0.2, 0) is 22.6 Å². The first kappa shape index (κ1) is 24.1. The van der Waals surface area contributed by atoms with E-state index >= 15 is 0 Å². The molecule has 2 aliphatic rings. The standard InChI is InChI=1S/C26H36N6O3/c1-3-6-24(25-28-29-30-32(25)17-22-8-5-12-35-22)31(16-21-7-4-11-34-21)15-20-14-19-13-18(2)9-10-23(19)27-26(20)33/h9-10,13-14,21-22,24H,3-8,11-12,15-17H2,1-2H3,(H,27,33)/t21-,22-,24+/m0/s1. The first-order chi connectivity index (χ1) is 17.1. The molecule has 188 valence electrons. The molecule has 9 nitrogen and oxygen atoms in total. The number of aromatic amines is 1. The first-order valence-electron chi connectivity index (χ1n) is 13.0. The second kappa shape index (κ2) is 11.0. The Kier molecular flexibility index (Phi) is 7.55. The van der Waals surface area contributed by atoms with Crippen LogP contribution in [0.3, 0.4) is 0 Å². The van der Waals surface area contributed by atoms with Crippen molar-refractivity contribution in [2.75, 3.05) is 19.8 Å². The molecule has 2 aliphatic heterocycles. The molecule has 0 radical (unpaired) electrons. The third-order valence-electron chi connectivity index (χ3n) is 7.17. The van der Waals surface area contributed by atoms with E-state index in [1.165, 1.54) is 5.56 Å². The fourth-order valence-electron chi connectivity index (χ4n) is 5.37. The third-order valence-corrected chi connectivity index (χ3v) is 7.17. The molecule has 3 atom stereocenters. The number of aryl methyl sites for hydroxylation is 1. The highest BCUT2D eigenvalue weighted by atomic mass is 16.5. The van der Waals surface area contributed by atoms with Crippen molar-refractivity contribution in [3.05, 3.63) is 51.6 Å². The molecular weight excluding hydrogens is 444 g/mol. The fourth-order valence-corrected chi connectivity index (χ4v) is 5.37. The zero-order valence-corrected chi connectivity index (χ0v) is 20.8. The summed E-state index contributed by atoms with van der Waals surface area (Å²) in [4.78, 5) is 18.5. The minimum absolute atomic E-state index is 0.0202. The zero-order chi connectivity index (χ0) is 24.2. The SMILES string of the molecule is CCC[C@H](c1nnnn1C[C@@H]1CCCO1)N(Cc1cc2cc(C)ccc2[nH]c1=O)C[C@@H]1CCCO1. The van der Waals surface area contributed by atoms with Gasteiger partial charge in [0.2, 0.25) is 0 Å². The van der Waals surface area contributed by atoms with Crippen LogP contribution in [0.25, 0.3) is 10.9 Å². The molecule has 0 bridgehead atoms. The van der Waals surface area contributed by atoms with Crippen molar-refractivity contribution in [1.82, 2.24) is 30.1 Å². The number of aromatic nitrogens is 5. The molecule has 2 fully saturated rings. The Labute approximate surface area is 205 Å². The van der Waals surface area contributed by atoms with Gasteiger partial charge in [0, 0.05) is 37.4 Å². The van der Waals surface area contributed by atoms with Gasteiger partial charge in [-0.3, -0.25) is 9.69 Å². The topological polar surface area (TPSA) is 98.2 Å². The van der Waals surface area contributed by atoms with Crippen LogP contribution in [0.1, 0.15) is 68.4 Å². The van der Waals surface area contributed by atoms with Gasteiger partial charge < -0.3 is 14.5 Å². The Morgan fingerprint density at radius 1 is 1.17 bits per heavy atom. The summed E-state index contributed by atoms with van der Waals surface area (Å²) in [5, 5.41) is 13.9. The molecule has 1 aromatic carbocycles. The maximum absolute atomic E-state index is 13.1. The van der Waals surface area contributed by atoms with Gasteiger partial charge in [0.25, 0.3) is 5.56 Å². The van der Waals surface area contributed by atoms with E-state index in [2.05, 4.69) is 45.3 Å². The number of ether oxygens (including phenoxy) is 2. The number of nitrogens with one attached hydrogen (secondary N) is 1. The van der Waals surface area contributed by atoms with Gasteiger partial charge in [-0.25, -0.2) is 4.68 Å². The van der Waals surface area contributed by atoms with Gasteiger partial charge in [-0.15, -0.1) is 5.10 Å². The number of hydrogen-bond donors (Lipinski definition) is 1. The smallest absolute Gasteiger partial charge is 0.252 e. The summed E-state index contributed by atoms with van der Waals surface area (Å²) < 4.78 is 13.8. The Morgan fingerprint density at radius 2 is 1.97 bits per heavy atom. The second-order valence-corrected chi connectivity index (χ2v) is 9.94. The Bertz CT molecular complexity index is 1180. The van der Waals surface area contributed by atoms with E-state index in [0.717, 1.165) is 80.6 Å². The van der Waals surface area contributed by atoms with Gasteiger partial charge in [-0.1, -0.05) is 25.0 Å². The van der Waals surface area contributed by atoms with Gasteiger partial charge in [0.05, 0.1) is 24.8 Å². The monoisotopic (exact) mass is 480 g/mol. The highest BCUT2D eigenvalue weighted by Crippen LogP contribution is 2.29. The number of benzene rings is 1. The number of hydrogen-bond acceptors (Lipinski definition) is 7. The lowest BCUT2D eigenvalue weighted by Gasteiger charge is -2.32. The van der Waals surface area contributed by atoms with E-state index < -0.39 is 0 Å². The summed E-state index contributed by atoms with van der Waals surface area (Å²) in [5.41, 5.74) is 2.73. The van der Waals surface area contributed by atoms with Crippen molar-refractivity contribution in [2.45, 2.75) is 83.7 Å². The minimum Gasteiger partial charge on any atom is -0.377 e. The van der Waals surface area contributed by atoms with E-state index in [1.54, 1.807) is 0 Å². The van der Waals surface area contributed by atoms with Crippen LogP contribution in [0.5, 0.6) is 0 Å². The van der Waals surface area contributed by atoms with E-state index in [9.17, 15) is 4.79 Å². The highest BCUT2D eigenvalue weighted by Gasteiger charge is 2.31. The average Bonchev–Trinajstić information content (AvgIpc) is 3.62. The molecule has 9 heteroatoms. The van der Waals surface area contributed by atoms with Crippen LogP contribution >= 0.6 is 0 Å². The Morgan fingerprint density at radius 3 is 2.71 bits per heavy atom. The van der Waals surface area contributed by atoms with E-state index in [4.69, 9.17) is 9.47 Å². The van der Waals surface area contributed by atoms with Crippen molar-refractivity contribution in [1.29, 1.82) is 0 Å². The third kappa shape index (κ3) is 5.63. The molecule has 2 aromatic heterocycles. The minimum atomic E-state index is -0.0483. The summed E-state index contributed by atoms with van der Waals surface area (Å²) in [5.74, 6) is 0.841. The fraction of sp³-hybridized carbons (Fsp3) is 0.615. The summed E-state index contributed by atoms with van der Waals surface area (Å²) in [7, 11) is 0. The number of tetrazole rings is 1. The number of pyridine rings is 1. The summed E-state index contributed by atoms with van der Waals surface area (Å²) in [6.07, 6.45) is 6.39. The molecule has 2 saturated heterocycles. The van der Waals surface area contributed by atoms with Crippen molar-refractivity contribution < 1.29 is 9.47 Å².